The molecule has 1 heterocycles. The van der Waals surface area contributed by atoms with E-state index in [-0.39, 0.29) is 22.6 Å². The molecule has 0 radical (unpaired) electrons. The highest BCUT2D eigenvalue weighted by Crippen LogP contribution is 2.32. The Morgan fingerprint density at radius 1 is 0.926 bits per heavy atom. The van der Waals surface area contributed by atoms with Gasteiger partial charge in [-0.3, -0.25) is 24.6 Å². The molecule has 286 valence electrons. The number of rotatable bonds is 15. The summed E-state index contributed by atoms with van der Waals surface area (Å²) in [6.07, 6.45) is 1.83. The van der Waals surface area contributed by atoms with Crippen molar-refractivity contribution in [2.24, 2.45) is 5.41 Å². The van der Waals surface area contributed by atoms with Crippen LogP contribution in [0.15, 0.2) is 101 Å². The van der Waals surface area contributed by atoms with Gasteiger partial charge in [0.05, 0.1) is 16.9 Å². The number of methoxy groups -OCH3 is 1. The van der Waals surface area contributed by atoms with Crippen LogP contribution in [0.2, 0.25) is 0 Å². The van der Waals surface area contributed by atoms with Crippen LogP contribution in [0.3, 0.4) is 0 Å². The molecule has 0 atom stereocenters. The molecule has 14 heteroatoms. The number of anilines is 1. The smallest absolute Gasteiger partial charge is 0.293 e. The van der Waals surface area contributed by atoms with E-state index in [1.54, 1.807) is 31.0 Å². The van der Waals surface area contributed by atoms with E-state index in [9.17, 15) is 28.1 Å². The van der Waals surface area contributed by atoms with Crippen molar-refractivity contribution in [3.63, 3.8) is 0 Å². The van der Waals surface area contributed by atoms with Crippen molar-refractivity contribution in [2.75, 3.05) is 57.4 Å². The second-order valence-electron chi connectivity index (χ2n) is 14.1. The van der Waals surface area contributed by atoms with Crippen LogP contribution in [0.5, 0.6) is 5.75 Å². The van der Waals surface area contributed by atoms with E-state index in [2.05, 4.69) is 16.3 Å². The predicted molar refractivity (Wildman–Crippen MR) is 213 cm³/mol. The highest BCUT2D eigenvalue weighted by molar-refractivity contribution is 7.99. The van der Waals surface area contributed by atoms with E-state index >= 15 is 0 Å². The highest BCUT2D eigenvalue weighted by Gasteiger charge is 2.29. The number of piperazine rings is 1. The largest absolute Gasteiger partial charge is 0.496 e. The van der Waals surface area contributed by atoms with Crippen LogP contribution < -0.4 is 14.8 Å². The van der Waals surface area contributed by atoms with Gasteiger partial charge in [0.25, 0.3) is 21.6 Å². The Morgan fingerprint density at radius 3 is 2.28 bits per heavy atom. The molecule has 2 N–H and O–H groups in total. The number of carbonyl (C=O) groups is 2. The Kier molecular flexibility index (Phi) is 13.4. The molecule has 4 aromatic rings. The second kappa shape index (κ2) is 17.9. The summed E-state index contributed by atoms with van der Waals surface area (Å²) in [6, 6.07) is 25.7. The quantitative estimate of drug-likeness (QED) is 0.0577. The number of benzene rings is 4. The molecular formula is C40H47N5O7S2. The zero-order valence-electron chi connectivity index (χ0n) is 31.0. The number of hydrogen-bond acceptors (Lipinski definition) is 10. The Labute approximate surface area is 321 Å². The predicted octanol–water partition coefficient (Wildman–Crippen LogP) is 6.72. The average Bonchev–Trinajstić information content (AvgIpc) is 3.16. The lowest BCUT2D eigenvalue weighted by Crippen LogP contribution is -2.51. The molecule has 1 saturated heterocycles. The fraction of sp³-hybridized carbons (Fsp3) is 0.350. The summed E-state index contributed by atoms with van der Waals surface area (Å²) in [5, 5.41) is 14.8. The number of nitro groups is 1. The number of aryl methyl sites for hydroxylation is 1. The van der Waals surface area contributed by atoms with Gasteiger partial charge in [-0.1, -0.05) is 63.2 Å². The number of ether oxygens (including phenoxy) is 1. The first-order valence-corrected chi connectivity index (χ1v) is 20.3. The minimum Gasteiger partial charge on any atom is -0.496 e. The highest BCUT2D eigenvalue weighted by atomic mass is 32.2. The van der Waals surface area contributed by atoms with E-state index < -0.39 is 31.4 Å². The lowest BCUT2D eigenvalue weighted by Gasteiger charge is -2.37. The Balaban J connectivity index is 1.15. The molecule has 0 bridgehead atoms. The monoisotopic (exact) mass is 773 g/mol. The Morgan fingerprint density at radius 2 is 1.63 bits per heavy atom. The van der Waals surface area contributed by atoms with Gasteiger partial charge in [0.1, 0.15) is 11.4 Å². The molecule has 0 unspecified atom stereocenters. The molecule has 1 fully saturated rings. The number of nitro benzene ring substituents is 1. The number of amides is 2. The van der Waals surface area contributed by atoms with Gasteiger partial charge < -0.3 is 15.0 Å². The van der Waals surface area contributed by atoms with Crippen LogP contribution in [0.1, 0.15) is 43.1 Å². The summed E-state index contributed by atoms with van der Waals surface area (Å²) < 4.78 is 34.0. The van der Waals surface area contributed by atoms with E-state index in [1.165, 1.54) is 24.3 Å². The van der Waals surface area contributed by atoms with E-state index in [0.29, 0.717) is 18.0 Å². The maximum Gasteiger partial charge on any atom is 0.293 e. The summed E-state index contributed by atoms with van der Waals surface area (Å²) >= 11 is 1.58. The second-order valence-corrected chi connectivity index (χ2v) is 16.9. The topological polar surface area (TPSA) is 151 Å². The van der Waals surface area contributed by atoms with Crippen molar-refractivity contribution in [2.45, 2.75) is 43.4 Å². The Hall–Kier alpha value is -4.92. The lowest BCUT2D eigenvalue weighted by molar-refractivity contribution is -0.384. The molecule has 2 amide bonds. The van der Waals surface area contributed by atoms with Gasteiger partial charge in [-0.2, -0.15) is 0 Å². The number of carbonyl (C=O) groups excluding carboxylic acids is 2. The molecule has 0 spiro atoms. The van der Waals surface area contributed by atoms with Gasteiger partial charge in [-0.25, -0.2) is 13.1 Å². The fourth-order valence-corrected chi connectivity index (χ4v) is 7.96. The van der Waals surface area contributed by atoms with Crippen LogP contribution in [0.4, 0.5) is 11.4 Å². The molecule has 12 nitrogen and oxygen atoms in total. The van der Waals surface area contributed by atoms with E-state index in [1.807, 2.05) is 72.9 Å². The number of nitrogens with one attached hydrogen (secondary N) is 2. The van der Waals surface area contributed by atoms with Crippen molar-refractivity contribution < 1.29 is 27.7 Å². The summed E-state index contributed by atoms with van der Waals surface area (Å²) in [5.41, 5.74) is 2.23. The maximum atomic E-state index is 13.1. The van der Waals surface area contributed by atoms with Crippen LogP contribution in [0, 0.1) is 15.5 Å². The molecule has 0 aliphatic carbocycles. The van der Waals surface area contributed by atoms with Gasteiger partial charge in [-0.15, -0.1) is 11.8 Å². The summed E-state index contributed by atoms with van der Waals surface area (Å²) in [4.78, 5) is 41.8. The molecule has 1 aliphatic rings. The molecule has 4 aromatic carbocycles. The average molecular weight is 774 g/mol. The standard InChI is InChI=1S/C40H47N5O7S2/c1-40(2,3)39(47)44-24-22-43(23-25-44)21-8-9-29-12-18-34(37(27-29)52-4)30-13-15-31(16-14-30)38(46)42-54(50,51)33-17-19-35(36(28-33)45(48)49)41-20-26-53-32-10-6-5-7-11-32/h5-7,10-19,27-28,41H,8-9,20-26H2,1-4H3,(H,42,46). The zero-order valence-corrected chi connectivity index (χ0v) is 32.7. The van der Waals surface area contributed by atoms with Gasteiger partial charge in [-0.05, 0) is 73.0 Å². The minimum absolute atomic E-state index is 0.102. The van der Waals surface area contributed by atoms with Gasteiger partial charge in [0, 0.05) is 66.0 Å². The van der Waals surface area contributed by atoms with Gasteiger partial charge in [0.2, 0.25) is 5.91 Å². The first kappa shape index (κ1) is 40.3. The fourth-order valence-electron chi connectivity index (χ4n) is 6.18. The third kappa shape index (κ3) is 10.6. The van der Waals surface area contributed by atoms with Crippen molar-refractivity contribution in [1.29, 1.82) is 0 Å². The normalized spacial score (nSPS) is 13.7. The van der Waals surface area contributed by atoms with Crippen molar-refractivity contribution >= 4 is 45.0 Å². The minimum atomic E-state index is -4.42. The van der Waals surface area contributed by atoms with Crippen molar-refractivity contribution in [3.05, 3.63) is 112 Å². The number of thioether (sulfide) groups is 1. The maximum absolute atomic E-state index is 13.1. The summed E-state index contributed by atoms with van der Waals surface area (Å²) in [6.45, 7) is 10.5. The Bertz CT molecular complexity index is 2050. The van der Waals surface area contributed by atoms with E-state index in [4.69, 9.17) is 4.74 Å². The van der Waals surface area contributed by atoms with Crippen LogP contribution in [0.25, 0.3) is 11.1 Å². The molecule has 0 aromatic heterocycles. The van der Waals surface area contributed by atoms with Gasteiger partial charge in [0.15, 0.2) is 0 Å². The number of hydrogen-bond donors (Lipinski definition) is 2. The van der Waals surface area contributed by atoms with Crippen LogP contribution in [-0.4, -0.2) is 87.1 Å². The summed E-state index contributed by atoms with van der Waals surface area (Å²) in [5.74, 6) is 0.646. The molecular weight excluding hydrogens is 727 g/mol. The van der Waals surface area contributed by atoms with E-state index in [0.717, 1.165) is 73.2 Å². The SMILES string of the molecule is COc1cc(CCCN2CCN(C(=O)C(C)(C)C)CC2)ccc1-c1ccc(C(=O)NS(=O)(=O)c2ccc(NCCSc3ccccc3)c([N+](=O)[O-])c2)cc1. The van der Waals surface area contributed by atoms with Crippen molar-refractivity contribution in [3.8, 4) is 16.9 Å². The first-order chi connectivity index (χ1) is 25.7. The van der Waals surface area contributed by atoms with Crippen LogP contribution >= 0.6 is 11.8 Å². The first-order valence-electron chi connectivity index (χ1n) is 17.8. The molecule has 5 rings (SSSR count). The van der Waals surface area contributed by atoms with Gasteiger partial charge >= 0.3 is 0 Å². The zero-order chi connectivity index (χ0) is 38.9. The third-order valence-electron chi connectivity index (χ3n) is 9.10. The van der Waals surface area contributed by atoms with Crippen molar-refractivity contribution in [1.82, 2.24) is 14.5 Å². The number of sulfonamides is 1. The molecule has 54 heavy (non-hydrogen) atoms. The number of nitrogens with zero attached hydrogens (tertiary/aromatic N) is 3. The lowest BCUT2D eigenvalue weighted by atomic mass is 9.94. The summed E-state index contributed by atoms with van der Waals surface area (Å²) in [7, 11) is -2.82. The third-order valence-corrected chi connectivity index (χ3v) is 11.4. The van der Waals surface area contributed by atoms with Crippen LogP contribution in [-0.2, 0) is 21.2 Å². The molecule has 0 saturated carbocycles. The molecule has 1 aliphatic heterocycles.